The molecular weight excluding hydrogens is 713 g/mol. The number of rotatable bonds is 41. The van der Waals surface area contributed by atoms with Crippen molar-refractivity contribution in [2.75, 3.05) is 26.4 Å². The summed E-state index contributed by atoms with van der Waals surface area (Å²) in [5, 5.41) is 0. The first-order chi connectivity index (χ1) is 26.8. The molecule has 0 spiro atoms. The Morgan fingerprint density at radius 2 is 1.00 bits per heavy atom. The van der Waals surface area contributed by atoms with Crippen LogP contribution < -0.4 is 5.73 Å². The number of hydrogen-bond donors (Lipinski definition) is 2. The molecule has 0 aliphatic heterocycles. The maximum absolute atomic E-state index is 12.6. The maximum Gasteiger partial charge on any atom is 0.472 e. The van der Waals surface area contributed by atoms with E-state index in [2.05, 4.69) is 62.5 Å². The van der Waals surface area contributed by atoms with Crippen molar-refractivity contribution in [2.45, 2.75) is 200 Å². The summed E-state index contributed by atoms with van der Waals surface area (Å²) < 4.78 is 32.8. The molecule has 320 valence electrons. The summed E-state index contributed by atoms with van der Waals surface area (Å²) in [4.78, 5) is 34.9. The Kier molecular flexibility index (Phi) is 40.1. The van der Waals surface area contributed by atoms with Gasteiger partial charge in [-0.2, -0.15) is 0 Å². The minimum absolute atomic E-state index is 0.0488. The van der Waals surface area contributed by atoms with Gasteiger partial charge in [0.1, 0.15) is 6.61 Å². The number of esters is 2. The van der Waals surface area contributed by atoms with Crippen molar-refractivity contribution in [1.29, 1.82) is 0 Å². The Morgan fingerprint density at radius 3 is 1.53 bits per heavy atom. The monoisotopic (exact) mass is 796 g/mol. The normalized spacial score (nSPS) is 13.7. The van der Waals surface area contributed by atoms with Crippen LogP contribution in [-0.4, -0.2) is 49.3 Å². The molecule has 0 amide bonds. The number of carbonyl (C=O) groups excluding carboxylic acids is 2. The first-order valence-electron chi connectivity index (χ1n) is 22.1. The summed E-state index contributed by atoms with van der Waals surface area (Å²) in [5.74, 6) is -0.851. The van der Waals surface area contributed by atoms with E-state index in [-0.39, 0.29) is 32.6 Å². The van der Waals surface area contributed by atoms with Crippen LogP contribution in [0.25, 0.3) is 0 Å². The number of nitrogens with two attached hydrogens (primary N) is 1. The molecule has 0 radical (unpaired) electrons. The van der Waals surface area contributed by atoms with Crippen molar-refractivity contribution >= 4 is 19.8 Å². The van der Waals surface area contributed by atoms with Crippen molar-refractivity contribution in [1.82, 2.24) is 0 Å². The highest BCUT2D eigenvalue weighted by molar-refractivity contribution is 7.47. The molecule has 10 heteroatoms. The molecule has 0 aliphatic rings. The molecule has 55 heavy (non-hydrogen) atoms. The highest BCUT2D eigenvalue weighted by Crippen LogP contribution is 2.43. The molecule has 0 aromatic heterocycles. The zero-order valence-corrected chi connectivity index (χ0v) is 36.0. The van der Waals surface area contributed by atoms with E-state index >= 15 is 0 Å². The van der Waals surface area contributed by atoms with Gasteiger partial charge in [0.15, 0.2) is 6.10 Å². The quantitative estimate of drug-likeness (QED) is 0.0204. The van der Waals surface area contributed by atoms with Gasteiger partial charge in [0.05, 0.1) is 13.2 Å². The second kappa shape index (κ2) is 41.6. The van der Waals surface area contributed by atoms with Crippen molar-refractivity contribution in [3.05, 3.63) is 48.6 Å². The molecule has 0 fully saturated rings. The van der Waals surface area contributed by atoms with E-state index in [1.165, 1.54) is 83.5 Å². The van der Waals surface area contributed by atoms with Crippen molar-refractivity contribution in [2.24, 2.45) is 5.73 Å². The van der Waals surface area contributed by atoms with Crippen LogP contribution in [0.5, 0.6) is 0 Å². The van der Waals surface area contributed by atoms with Gasteiger partial charge in [-0.05, 0) is 70.6 Å². The topological polar surface area (TPSA) is 134 Å². The average Bonchev–Trinajstić information content (AvgIpc) is 3.17. The van der Waals surface area contributed by atoms with E-state index in [4.69, 9.17) is 24.3 Å². The third-order valence-electron chi connectivity index (χ3n) is 9.22. The third kappa shape index (κ3) is 41.4. The fourth-order valence-electron chi connectivity index (χ4n) is 5.89. The molecule has 3 N–H and O–H groups in total. The maximum atomic E-state index is 12.6. The van der Waals surface area contributed by atoms with Crippen LogP contribution in [0.15, 0.2) is 48.6 Å². The van der Waals surface area contributed by atoms with Crippen molar-refractivity contribution in [3.8, 4) is 0 Å². The zero-order chi connectivity index (χ0) is 40.3. The Labute approximate surface area is 336 Å². The minimum Gasteiger partial charge on any atom is -0.462 e. The molecule has 0 saturated carbocycles. The number of unbranched alkanes of at least 4 members (excludes halogenated alkanes) is 21. The summed E-state index contributed by atoms with van der Waals surface area (Å²) in [6, 6.07) is 0. The molecule has 0 aromatic rings. The number of ether oxygens (including phenoxy) is 2. The standard InChI is InChI=1S/C45H82NO8P/c1-3-5-7-9-11-13-15-17-19-20-21-22-24-25-27-29-31-33-35-37-44(47)51-41-43(42-53-55(49,50)52-40-39-46)54-45(48)38-36-34-32-30-28-26-23-18-16-14-12-10-8-6-4-2/h11,13-14,16-19,23,43H,3-10,12,15,20-22,24-42,46H2,1-2H3,(H,49,50)/b13-11+,16-14+,19-17+,23-18+/t43-/m1/s1. The van der Waals surface area contributed by atoms with E-state index in [9.17, 15) is 19.0 Å². The fraction of sp³-hybridized carbons (Fsp3) is 0.778. The van der Waals surface area contributed by atoms with E-state index in [0.717, 1.165) is 77.0 Å². The molecular formula is C45H82NO8P. The lowest BCUT2D eigenvalue weighted by molar-refractivity contribution is -0.161. The van der Waals surface area contributed by atoms with Crippen LogP contribution in [0.3, 0.4) is 0 Å². The van der Waals surface area contributed by atoms with Gasteiger partial charge in [-0.1, -0.05) is 159 Å². The summed E-state index contributed by atoms with van der Waals surface area (Å²) in [7, 11) is -4.38. The highest BCUT2D eigenvalue weighted by atomic mass is 31.2. The largest absolute Gasteiger partial charge is 0.472 e. The number of hydrogen-bond acceptors (Lipinski definition) is 8. The third-order valence-corrected chi connectivity index (χ3v) is 10.2. The Morgan fingerprint density at radius 1 is 0.564 bits per heavy atom. The minimum atomic E-state index is -4.38. The summed E-state index contributed by atoms with van der Waals surface area (Å²) >= 11 is 0. The van der Waals surface area contributed by atoms with Gasteiger partial charge in [0.2, 0.25) is 0 Å². The second-order valence-corrected chi connectivity index (χ2v) is 16.0. The van der Waals surface area contributed by atoms with Gasteiger partial charge in [-0.3, -0.25) is 18.6 Å². The first-order valence-corrected chi connectivity index (χ1v) is 23.6. The van der Waals surface area contributed by atoms with Gasteiger partial charge in [0.25, 0.3) is 0 Å². The average molecular weight is 796 g/mol. The lowest BCUT2D eigenvalue weighted by Gasteiger charge is -2.19. The molecule has 9 nitrogen and oxygen atoms in total. The van der Waals surface area contributed by atoms with Crippen LogP contribution in [0, 0.1) is 0 Å². The van der Waals surface area contributed by atoms with Crippen LogP contribution in [-0.2, 0) is 32.7 Å². The van der Waals surface area contributed by atoms with Gasteiger partial charge < -0.3 is 20.1 Å². The molecule has 0 aliphatic carbocycles. The van der Waals surface area contributed by atoms with E-state index in [0.29, 0.717) is 6.42 Å². The molecule has 0 heterocycles. The second-order valence-electron chi connectivity index (χ2n) is 14.6. The number of phosphoric acid groups is 1. The molecule has 0 aromatic carbocycles. The van der Waals surface area contributed by atoms with Gasteiger partial charge >= 0.3 is 19.8 Å². The van der Waals surface area contributed by atoms with Crippen LogP contribution in [0.4, 0.5) is 0 Å². The smallest absolute Gasteiger partial charge is 0.462 e. The highest BCUT2D eigenvalue weighted by Gasteiger charge is 2.26. The molecule has 0 rings (SSSR count). The lowest BCUT2D eigenvalue weighted by atomic mass is 10.1. The Bertz CT molecular complexity index is 1040. The van der Waals surface area contributed by atoms with Crippen LogP contribution in [0.1, 0.15) is 194 Å². The Balaban J connectivity index is 4.16. The lowest BCUT2D eigenvalue weighted by Crippen LogP contribution is -2.29. The van der Waals surface area contributed by atoms with Gasteiger partial charge in [0, 0.05) is 19.4 Å². The number of phosphoric ester groups is 1. The summed E-state index contributed by atoms with van der Waals surface area (Å²) in [6.45, 7) is 3.67. The van der Waals surface area contributed by atoms with Crippen molar-refractivity contribution < 1.29 is 37.6 Å². The van der Waals surface area contributed by atoms with E-state index < -0.39 is 32.5 Å². The number of carbonyl (C=O) groups is 2. The fourth-order valence-corrected chi connectivity index (χ4v) is 6.66. The molecule has 0 saturated heterocycles. The van der Waals surface area contributed by atoms with Gasteiger partial charge in [-0.25, -0.2) is 4.57 Å². The van der Waals surface area contributed by atoms with Crippen LogP contribution in [0.2, 0.25) is 0 Å². The zero-order valence-electron chi connectivity index (χ0n) is 35.2. The van der Waals surface area contributed by atoms with E-state index in [1.54, 1.807) is 0 Å². The molecule has 0 bridgehead atoms. The van der Waals surface area contributed by atoms with Crippen LogP contribution >= 0.6 is 7.82 Å². The van der Waals surface area contributed by atoms with Gasteiger partial charge in [-0.15, -0.1) is 0 Å². The molecule has 2 atom stereocenters. The summed E-state index contributed by atoms with van der Waals surface area (Å²) in [6.07, 6.45) is 47.0. The van der Waals surface area contributed by atoms with E-state index in [1.807, 2.05) is 0 Å². The summed E-state index contributed by atoms with van der Waals surface area (Å²) in [5.41, 5.74) is 5.35. The van der Waals surface area contributed by atoms with Crippen molar-refractivity contribution in [3.63, 3.8) is 0 Å². The predicted molar refractivity (Wildman–Crippen MR) is 229 cm³/mol. The Hall–Kier alpha value is -2.03. The number of allylic oxidation sites excluding steroid dienone is 8. The molecule has 1 unspecified atom stereocenters. The SMILES string of the molecule is CCCCC/C=C/C/C=C/CCCCCCCCCCCC(=O)OC[C@H](COP(=O)(O)OCCN)OC(=O)CCCCCCC/C=C/C=C/CCCCCC. The first kappa shape index (κ1) is 53.0. The predicted octanol–water partition coefficient (Wildman–Crippen LogP) is 12.7.